The first-order chi connectivity index (χ1) is 4.83. The predicted molar refractivity (Wildman–Crippen MR) is 48.1 cm³/mol. The van der Waals surface area contributed by atoms with Crippen molar-refractivity contribution in [3.05, 3.63) is 21.9 Å². The molecule has 0 aliphatic carbocycles. The smallest absolute Gasteiger partial charge is 0.213 e. The van der Waals surface area contributed by atoms with Gasteiger partial charge in [0.25, 0.3) is 0 Å². The Bertz CT molecular complexity index is 197. The summed E-state index contributed by atoms with van der Waals surface area (Å²) in [5.74, 6) is 0.697. The standard InChI is InChI=1S/C7H8INO/c1-2-10-7-4-3-6(8)5-9-7/h3-5H,2H2,1H3. The summed E-state index contributed by atoms with van der Waals surface area (Å²) < 4.78 is 6.27. The molecule has 0 atom stereocenters. The molecule has 0 amide bonds. The van der Waals surface area contributed by atoms with Crippen molar-refractivity contribution in [1.29, 1.82) is 0 Å². The average molecular weight is 249 g/mol. The van der Waals surface area contributed by atoms with Crippen LogP contribution in [-0.4, -0.2) is 11.6 Å². The minimum atomic E-state index is 0.674. The molecule has 0 saturated heterocycles. The van der Waals surface area contributed by atoms with Crippen LogP contribution in [0.1, 0.15) is 6.92 Å². The summed E-state index contributed by atoms with van der Waals surface area (Å²) in [5, 5.41) is 0. The fraction of sp³-hybridized carbons (Fsp3) is 0.286. The molecule has 2 nitrogen and oxygen atoms in total. The minimum absolute atomic E-state index is 0.674. The number of rotatable bonds is 2. The van der Waals surface area contributed by atoms with Gasteiger partial charge in [0.05, 0.1) is 6.61 Å². The van der Waals surface area contributed by atoms with Gasteiger partial charge in [-0.3, -0.25) is 0 Å². The normalized spacial score (nSPS) is 9.40. The third kappa shape index (κ3) is 2.13. The van der Waals surface area contributed by atoms with E-state index in [1.54, 1.807) is 6.20 Å². The molecule has 1 heterocycles. The van der Waals surface area contributed by atoms with Gasteiger partial charge in [-0.05, 0) is 35.6 Å². The topological polar surface area (TPSA) is 22.1 Å². The number of nitrogens with zero attached hydrogens (tertiary/aromatic N) is 1. The third-order valence-corrected chi connectivity index (χ3v) is 1.63. The Morgan fingerprint density at radius 2 is 2.40 bits per heavy atom. The van der Waals surface area contributed by atoms with Crippen molar-refractivity contribution in [1.82, 2.24) is 4.98 Å². The second kappa shape index (κ2) is 3.75. The highest BCUT2D eigenvalue weighted by atomic mass is 127. The van der Waals surface area contributed by atoms with Gasteiger partial charge in [-0.15, -0.1) is 0 Å². The molecule has 0 radical (unpaired) electrons. The zero-order valence-corrected chi connectivity index (χ0v) is 7.83. The molecular weight excluding hydrogens is 241 g/mol. The van der Waals surface area contributed by atoms with Crippen LogP contribution in [0.2, 0.25) is 0 Å². The first-order valence-electron chi connectivity index (χ1n) is 3.07. The fourth-order valence-electron chi connectivity index (χ4n) is 0.596. The van der Waals surface area contributed by atoms with Crippen LogP contribution in [0.25, 0.3) is 0 Å². The largest absolute Gasteiger partial charge is 0.478 e. The molecule has 0 aromatic carbocycles. The van der Waals surface area contributed by atoms with Crippen LogP contribution < -0.4 is 4.74 Å². The summed E-state index contributed by atoms with van der Waals surface area (Å²) in [4.78, 5) is 4.04. The van der Waals surface area contributed by atoms with E-state index in [9.17, 15) is 0 Å². The second-order valence-electron chi connectivity index (χ2n) is 1.75. The number of pyridine rings is 1. The van der Waals surface area contributed by atoms with E-state index in [1.165, 1.54) is 0 Å². The van der Waals surface area contributed by atoms with E-state index < -0.39 is 0 Å². The number of hydrogen-bond donors (Lipinski definition) is 0. The van der Waals surface area contributed by atoms with Gasteiger partial charge < -0.3 is 4.74 Å². The van der Waals surface area contributed by atoms with Gasteiger partial charge in [0.2, 0.25) is 5.88 Å². The lowest BCUT2D eigenvalue weighted by molar-refractivity contribution is 0.327. The highest BCUT2D eigenvalue weighted by Gasteiger charge is 1.90. The zero-order valence-electron chi connectivity index (χ0n) is 5.67. The maximum Gasteiger partial charge on any atom is 0.213 e. The number of halogens is 1. The monoisotopic (exact) mass is 249 g/mol. The van der Waals surface area contributed by atoms with Crippen LogP contribution in [0.3, 0.4) is 0 Å². The average Bonchev–Trinajstić information content (AvgIpc) is 1.95. The maximum absolute atomic E-state index is 5.15. The van der Waals surface area contributed by atoms with E-state index in [2.05, 4.69) is 27.6 Å². The Hall–Kier alpha value is -0.320. The number of hydrogen-bond acceptors (Lipinski definition) is 2. The van der Waals surface area contributed by atoms with Crippen molar-refractivity contribution in [2.24, 2.45) is 0 Å². The van der Waals surface area contributed by atoms with E-state index in [4.69, 9.17) is 4.74 Å². The van der Waals surface area contributed by atoms with Gasteiger partial charge in [-0.1, -0.05) is 0 Å². The van der Waals surface area contributed by atoms with Crippen molar-refractivity contribution >= 4 is 22.6 Å². The molecule has 0 fully saturated rings. The molecular formula is C7H8INO. The second-order valence-corrected chi connectivity index (χ2v) is 2.99. The van der Waals surface area contributed by atoms with Gasteiger partial charge in [0.15, 0.2) is 0 Å². The van der Waals surface area contributed by atoms with Crippen LogP contribution in [0, 0.1) is 3.57 Å². The first-order valence-corrected chi connectivity index (χ1v) is 4.15. The minimum Gasteiger partial charge on any atom is -0.478 e. The Morgan fingerprint density at radius 3 is 2.90 bits per heavy atom. The quantitative estimate of drug-likeness (QED) is 0.748. The summed E-state index contributed by atoms with van der Waals surface area (Å²) in [6.45, 7) is 2.62. The van der Waals surface area contributed by atoms with Crippen LogP contribution >= 0.6 is 22.6 Å². The molecule has 54 valence electrons. The van der Waals surface area contributed by atoms with Crippen LogP contribution in [0.15, 0.2) is 18.3 Å². The van der Waals surface area contributed by atoms with Crippen molar-refractivity contribution in [2.75, 3.05) is 6.61 Å². The molecule has 10 heavy (non-hydrogen) atoms. The molecule has 0 saturated carbocycles. The van der Waals surface area contributed by atoms with Crippen molar-refractivity contribution in [3.63, 3.8) is 0 Å². The Labute approximate surface area is 73.8 Å². The summed E-state index contributed by atoms with van der Waals surface area (Å²) in [6.07, 6.45) is 1.78. The molecule has 0 N–H and O–H groups in total. The molecule has 1 aromatic heterocycles. The molecule has 0 unspecified atom stereocenters. The van der Waals surface area contributed by atoms with Crippen LogP contribution in [-0.2, 0) is 0 Å². The summed E-state index contributed by atoms with van der Waals surface area (Å²) >= 11 is 2.21. The van der Waals surface area contributed by atoms with Crippen molar-refractivity contribution in [2.45, 2.75) is 6.92 Å². The lowest BCUT2D eigenvalue weighted by Crippen LogP contribution is -1.93. The van der Waals surface area contributed by atoms with E-state index in [0.717, 1.165) is 3.57 Å². The molecule has 1 rings (SSSR count). The van der Waals surface area contributed by atoms with Crippen molar-refractivity contribution < 1.29 is 4.74 Å². The highest BCUT2D eigenvalue weighted by molar-refractivity contribution is 14.1. The lowest BCUT2D eigenvalue weighted by atomic mass is 10.5. The van der Waals surface area contributed by atoms with Gasteiger partial charge in [0.1, 0.15) is 0 Å². The molecule has 3 heteroatoms. The first kappa shape index (κ1) is 7.78. The lowest BCUT2D eigenvalue weighted by Gasteiger charge is -1.99. The van der Waals surface area contributed by atoms with E-state index >= 15 is 0 Å². The maximum atomic E-state index is 5.15. The SMILES string of the molecule is CCOc1ccc(I)cn1. The van der Waals surface area contributed by atoms with E-state index in [1.807, 2.05) is 19.1 Å². The van der Waals surface area contributed by atoms with Crippen LogP contribution in [0.4, 0.5) is 0 Å². The number of ether oxygens (including phenoxy) is 1. The fourth-order valence-corrected chi connectivity index (χ4v) is 0.915. The Kier molecular flexibility index (Phi) is 2.92. The summed E-state index contributed by atoms with van der Waals surface area (Å²) in [5.41, 5.74) is 0. The Balaban J connectivity index is 2.69. The summed E-state index contributed by atoms with van der Waals surface area (Å²) in [6, 6.07) is 3.84. The Morgan fingerprint density at radius 1 is 1.60 bits per heavy atom. The van der Waals surface area contributed by atoms with E-state index in [0.29, 0.717) is 12.5 Å². The summed E-state index contributed by atoms with van der Waals surface area (Å²) in [7, 11) is 0. The molecule has 0 spiro atoms. The molecule has 0 aliphatic rings. The highest BCUT2D eigenvalue weighted by Crippen LogP contribution is 2.08. The molecule has 0 bridgehead atoms. The third-order valence-electron chi connectivity index (χ3n) is 0.992. The number of aromatic nitrogens is 1. The van der Waals surface area contributed by atoms with Gasteiger partial charge in [-0.25, -0.2) is 4.98 Å². The zero-order chi connectivity index (χ0) is 7.40. The van der Waals surface area contributed by atoms with Gasteiger partial charge in [-0.2, -0.15) is 0 Å². The molecule has 0 aliphatic heterocycles. The van der Waals surface area contributed by atoms with Crippen LogP contribution in [0.5, 0.6) is 5.88 Å². The van der Waals surface area contributed by atoms with E-state index in [-0.39, 0.29) is 0 Å². The molecule has 1 aromatic rings. The van der Waals surface area contributed by atoms with Gasteiger partial charge in [0, 0.05) is 15.8 Å². The van der Waals surface area contributed by atoms with Crippen molar-refractivity contribution in [3.8, 4) is 5.88 Å². The predicted octanol–water partition coefficient (Wildman–Crippen LogP) is 2.08. The van der Waals surface area contributed by atoms with Gasteiger partial charge >= 0.3 is 0 Å².